The van der Waals surface area contributed by atoms with Crippen LogP contribution in [0.3, 0.4) is 0 Å². The molecule has 38 heavy (non-hydrogen) atoms. The van der Waals surface area contributed by atoms with Crippen LogP contribution in [-0.2, 0) is 5.54 Å². The number of hydrogen-bond donors (Lipinski definition) is 1. The fourth-order valence-corrected chi connectivity index (χ4v) is 5.65. The van der Waals surface area contributed by atoms with Gasteiger partial charge in [0.2, 0.25) is 0 Å². The zero-order chi connectivity index (χ0) is 27.2. The van der Waals surface area contributed by atoms with Crippen molar-refractivity contribution in [3.8, 4) is 0 Å². The second-order valence-corrected chi connectivity index (χ2v) is 11.4. The van der Waals surface area contributed by atoms with Gasteiger partial charge in [-0.25, -0.2) is 4.68 Å². The summed E-state index contributed by atoms with van der Waals surface area (Å²) in [5, 5.41) is 14.1. The van der Waals surface area contributed by atoms with E-state index in [1.165, 1.54) is 22.4 Å². The molecular weight excluding hydrogens is 474 g/mol. The number of rotatable bonds is 6. The average Bonchev–Trinajstić information content (AvgIpc) is 3.38. The van der Waals surface area contributed by atoms with E-state index in [4.69, 9.17) is 0 Å². The van der Waals surface area contributed by atoms with Crippen LogP contribution in [0.4, 0.5) is 5.69 Å². The number of H-pyrrole nitrogens is 1. The molecule has 0 saturated carbocycles. The summed E-state index contributed by atoms with van der Waals surface area (Å²) in [7, 11) is 0. The smallest absolute Gasteiger partial charge is 0.253 e. The second-order valence-electron chi connectivity index (χ2n) is 11.4. The molecule has 1 saturated heterocycles. The monoisotopic (exact) mass is 513 g/mol. The van der Waals surface area contributed by atoms with Crippen LogP contribution < -0.4 is 10.5 Å². The molecule has 8 heteroatoms. The summed E-state index contributed by atoms with van der Waals surface area (Å²) in [6.07, 6.45) is 0.866. The number of nitrogens with zero attached hydrogens (tertiary/aromatic N) is 6. The van der Waals surface area contributed by atoms with E-state index in [2.05, 4.69) is 102 Å². The molecule has 8 nitrogen and oxygen atoms in total. The molecule has 0 bridgehead atoms. The van der Waals surface area contributed by atoms with Crippen LogP contribution in [0.25, 0.3) is 10.9 Å². The second kappa shape index (κ2) is 9.98. The van der Waals surface area contributed by atoms with Crippen LogP contribution in [0.15, 0.2) is 41.2 Å². The number of aromatic amines is 1. The summed E-state index contributed by atoms with van der Waals surface area (Å²) in [6.45, 7) is 18.2. The van der Waals surface area contributed by atoms with Crippen molar-refractivity contribution in [2.75, 3.05) is 31.1 Å². The molecule has 0 unspecified atom stereocenters. The minimum Gasteiger partial charge on any atom is -0.369 e. The number of aromatic nitrogens is 5. The lowest BCUT2D eigenvalue weighted by atomic mass is 9.98. The van der Waals surface area contributed by atoms with E-state index in [1.807, 2.05) is 17.7 Å². The Morgan fingerprint density at radius 1 is 1.00 bits per heavy atom. The molecular formula is C30H39N7O. The molecule has 2 aromatic carbocycles. The summed E-state index contributed by atoms with van der Waals surface area (Å²) < 4.78 is 1.92. The topological polar surface area (TPSA) is 82.9 Å². The van der Waals surface area contributed by atoms with Gasteiger partial charge in [-0.15, -0.1) is 5.10 Å². The fourth-order valence-electron chi connectivity index (χ4n) is 5.65. The predicted molar refractivity (Wildman–Crippen MR) is 153 cm³/mol. The lowest BCUT2D eigenvalue weighted by molar-refractivity contribution is 0.186. The van der Waals surface area contributed by atoms with Crippen molar-refractivity contribution < 1.29 is 0 Å². The first kappa shape index (κ1) is 26.1. The van der Waals surface area contributed by atoms with Gasteiger partial charge in [-0.2, -0.15) is 0 Å². The number of anilines is 1. The Morgan fingerprint density at radius 3 is 2.45 bits per heavy atom. The minimum atomic E-state index is -0.356. The van der Waals surface area contributed by atoms with Crippen molar-refractivity contribution in [3.63, 3.8) is 0 Å². The van der Waals surface area contributed by atoms with E-state index in [-0.39, 0.29) is 17.1 Å². The molecule has 1 fully saturated rings. The summed E-state index contributed by atoms with van der Waals surface area (Å²) in [6, 6.07) is 12.4. The Kier molecular flexibility index (Phi) is 6.86. The van der Waals surface area contributed by atoms with E-state index in [9.17, 15) is 4.79 Å². The van der Waals surface area contributed by atoms with Crippen LogP contribution in [-0.4, -0.2) is 56.3 Å². The fraction of sp³-hybridized carbons (Fsp3) is 0.467. The molecule has 0 aliphatic carbocycles. The number of aryl methyl sites for hydroxylation is 3. The molecule has 1 N–H and O–H groups in total. The van der Waals surface area contributed by atoms with Crippen molar-refractivity contribution in [1.82, 2.24) is 30.1 Å². The maximum Gasteiger partial charge on any atom is 0.253 e. The van der Waals surface area contributed by atoms with Gasteiger partial charge < -0.3 is 9.88 Å². The molecule has 1 aliphatic heterocycles. The van der Waals surface area contributed by atoms with Crippen LogP contribution in [0, 0.1) is 27.7 Å². The first-order valence-electron chi connectivity index (χ1n) is 13.6. The van der Waals surface area contributed by atoms with E-state index in [1.54, 1.807) is 0 Å². The molecule has 5 rings (SSSR count). The van der Waals surface area contributed by atoms with Crippen LogP contribution in [0.5, 0.6) is 0 Å². The van der Waals surface area contributed by atoms with Crippen molar-refractivity contribution in [1.29, 1.82) is 0 Å². The zero-order valence-corrected chi connectivity index (χ0v) is 23.7. The van der Waals surface area contributed by atoms with Gasteiger partial charge in [0.1, 0.15) is 6.04 Å². The van der Waals surface area contributed by atoms with Gasteiger partial charge in [0.05, 0.1) is 11.1 Å². The van der Waals surface area contributed by atoms with Crippen LogP contribution in [0.1, 0.15) is 66.9 Å². The maximum absolute atomic E-state index is 13.7. The molecule has 4 aromatic rings. The Hall–Kier alpha value is -3.52. The number of hydrogen-bond acceptors (Lipinski definition) is 6. The predicted octanol–water partition coefficient (Wildman–Crippen LogP) is 4.80. The normalized spacial score (nSPS) is 15.8. The van der Waals surface area contributed by atoms with E-state index < -0.39 is 0 Å². The third-order valence-electron chi connectivity index (χ3n) is 8.39. The molecule has 3 heterocycles. The molecule has 1 atom stereocenters. The van der Waals surface area contributed by atoms with Gasteiger partial charge in [0, 0.05) is 37.4 Å². The first-order valence-corrected chi connectivity index (χ1v) is 13.6. The highest BCUT2D eigenvalue weighted by atomic mass is 16.1. The Balaban J connectivity index is 1.59. The first-order chi connectivity index (χ1) is 18.1. The van der Waals surface area contributed by atoms with Crippen molar-refractivity contribution >= 4 is 16.6 Å². The quantitative estimate of drug-likeness (QED) is 0.399. The molecule has 0 spiro atoms. The number of fused-ring (bicyclic) bond motifs is 1. The Morgan fingerprint density at radius 2 is 1.74 bits per heavy atom. The maximum atomic E-state index is 13.7. The van der Waals surface area contributed by atoms with Gasteiger partial charge in [-0.3, -0.25) is 9.69 Å². The summed E-state index contributed by atoms with van der Waals surface area (Å²) in [5.41, 5.74) is 7.35. The van der Waals surface area contributed by atoms with Crippen molar-refractivity contribution in [2.24, 2.45) is 0 Å². The van der Waals surface area contributed by atoms with Crippen molar-refractivity contribution in [2.45, 2.75) is 66.5 Å². The van der Waals surface area contributed by atoms with Gasteiger partial charge in [0.15, 0.2) is 5.82 Å². The number of nitrogens with one attached hydrogen (secondary N) is 1. The van der Waals surface area contributed by atoms with Gasteiger partial charge in [0.25, 0.3) is 5.56 Å². The zero-order valence-electron chi connectivity index (χ0n) is 23.7. The minimum absolute atomic E-state index is 0.0877. The summed E-state index contributed by atoms with van der Waals surface area (Å²) in [4.78, 5) is 21.7. The van der Waals surface area contributed by atoms with Crippen LogP contribution >= 0.6 is 0 Å². The average molecular weight is 514 g/mol. The molecule has 0 radical (unpaired) electrons. The van der Waals surface area contributed by atoms with E-state index in [0.717, 1.165) is 49.1 Å². The number of benzene rings is 2. The molecule has 1 aliphatic rings. The van der Waals surface area contributed by atoms with E-state index in [0.29, 0.717) is 11.4 Å². The van der Waals surface area contributed by atoms with E-state index >= 15 is 0 Å². The standard InChI is InChI=1S/C30H39N7O/c1-8-30(6,7)37-28(32-33-34-37)27(24-18-23-17-19(2)16-21(4)26(23)31-29(24)38)36-14-12-35(13-15-36)25-11-9-10-20(3)22(25)5/h9-11,16-18,27H,8,12-15H2,1-7H3,(H,31,38)/t27-/m1/s1. The van der Waals surface area contributed by atoms with Gasteiger partial charge >= 0.3 is 0 Å². The highest BCUT2D eigenvalue weighted by molar-refractivity contribution is 5.83. The van der Waals surface area contributed by atoms with Crippen molar-refractivity contribution in [3.05, 3.63) is 80.4 Å². The summed E-state index contributed by atoms with van der Waals surface area (Å²) >= 11 is 0. The molecule has 200 valence electrons. The third kappa shape index (κ3) is 4.62. The molecule has 0 amide bonds. The highest BCUT2D eigenvalue weighted by Crippen LogP contribution is 2.33. The Bertz CT molecular complexity index is 1530. The highest BCUT2D eigenvalue weighted by Gasteiger charge is 2.36. The Labute approximate surface area is 224 Å². The third-order valence-corrected chi connectivity index (χ3v) is 8.39. The lowest BCUT2D eigenvalue weighted by Crippen LogP contribution is -2.49. The number of piperazine rings is 1. The lowest BCUT2D eigenvalue weighted by Gasteiger charge is -2.41. The van der Waals surface area contributed by atoms with Crippen LogP contribution in [0.2, 0.25) is 0 Å². The number of tetrazole rings is 1. The SMILES string of the molecule is CCC(C)(C)n1nnnc1[C@@H](c1cc2cc(C)cc(C)c2[nH]c1=O)N1CCN(c2cccc(C)c2C)CC1. The molecule has 2 aromatic heterocycles. The largest absolute Gasteiger partial charge is 0.369 e. The summed E-state index contributed by atoms with van der Waals surface area (Å²) in [5.74, 6) is 0.714. The number of pyridine rings is 1. The van der Waals surface area contributed by atoms with Gasteiger partial charge in [-0.1, -0.05) is 30.7 Å². The van der Waals surface area contributed by atoms with Gasteiger partial charge in [-0.05, 0) is 98.7 Å².